The van der Waals surface area contributed by atoms with Gasteiger partial charge < -0.3 is 29.8 Å². The molecule has 182 valence electrons. The molecule has 0 fully saturated rings. The molecule has 3 N–H and O–H groups in total. The summed E-state index contributed by atoms with van der Waals surface area (Å²) in [4.78, 5) is 29.6. The van der Waals surface area contributed by atoms with Crippen LogP contribution in [0.1, 0.15) is 0 Å². The molecule has 4 aromatic rings. The van der Waals surface area contributed by atoms with Gasteiger partial charge in [-0.1, -0.05) is 0 Å². The number of aromatic hydroxyl groups is 1. The van der Waals surface area contributed by atoms with Crippen LogP contribution in [0, 0.1) is 0 Å². The first-order valence-corrected chi connectivity index (χ1v) is 10.4. The van der Waals surface area contributed by atoms with E-state index in [0.29, 0.717) is 51.0 Å². The van der Waals surface area contributed by atoms with Gasteiger partial charge in [-0.3, -0.25) is 18.9 Å². The number of pyridine rings is 1. The lowest BCUT2D eigenvalue weighted by molar-refractivity contribution is -0.118. The lowest BCUT2D eigenvalue weighted by atomic mass is 10.1. The number of nitrogens with zero attached hydrogens (tertiary/aromatic N) is 3. The third-order valence-corrected chi connectivity index (χ3v) is 5.51. The lowest BCUT2D eigenvalue weighted by Crippen LogP contribution is -2.29. The molecule has 0 aliphatic rings. The Morgan fingerprint density at radius 3 is 2.14 bits per heavy atom. The van der Waals surface area contributed by atoms with Gasteiger partial charge in [-0.05, 0) is 24.3 Å². The van der Waals surface area contributed by atoms with Gasteiger partial charge in [0.05, 0.1) is 57.1 Å². The molecule has 2 aromatic carbocycles. The fourth-order valence-electron chi connectivity index (χ4n) is 3.91. The van der Waals surface area contributed by atoms with E-state index < -0.39 is 11.6 Å². The first-order chi connectivity index (χ1) is 16.8. The zero-order chi connectivity index (χ0) is 25.3. The zero-order valence-electron chi connectivity index (χ0n) is 19.6. The van der Waals surface area contributed by atoms with Crippen molar-refractivity contribution in [1.29, 1.82) is 0 Å². The first kappa shape index (κ1) is 23.5. The van der Waals surface area contributed by atoms with Crippen LogP contribution in [0.5, 0.6) is 28.7 Å². The highest BCUT2D eigenvalue weighted by atomic mass is 16.5. The zero-order valence-corrected chi connectivity index (χ0v) is 19.6. The van der Waals surface area contributed by atoms with Gasteiger partial charge in [0.2, 0.25) is 11.7 Å². The molecular formula is C24H24N4O7. The monoisotopic (exact) mass is 480 g/mol. The van der Waals surface area contributed by atoms with E-state index in [1.54, 1.807) is 30.3 Å². The summed E-state index contributed by atoms with van der Waals surface area (Å²) in [6.07, 6.45) is 1.48. The van der Waals surface area contributed by atoms with Gasteiger partial charge in [0.15, 0.2) is 23.0 Å². The number of methoxy groups -OCH3 is 4. The van der Waals surface area contributed by atoms with Crippen molar-refractivity contribution in [2.75, 3.05) is 28.4 Å². The summed E-state index contributed by atoms with van der Waals surface area (Å²) in [5.74, 6) is 0.638. The van der Waals surface area contributed by atoms with Gasteiger partial charge in [0, 0.05) is 17.7 Å². The second-order valence-electron chi connectivity index (χ2n) is 7.50. The Labute approximate surface area is 199 Å². The first-order valence-electron chi connectivity index (χ1n) is 10.4. The van der Waals surface area contributed by atoms with Crippen molar-refractivity contribution in [3.8, 4) is 45.7 Å². The number of nitrogens with two attached hydrogens (primary N) is 1. The molecule has 0 radical (unpaired) electrons. The number of rotatable bonds is 8. The molecule has 0 spiro atoms. The van der Waals surface area contributed by atoms with E-state index in [0.717, 1.165) is 0 Å². The minimum atomic E-state index is -0.680. The molecule has 11 nitrogen and oxygen atoms in total. The van der Waals surface area contributed by atoms with Crippen LogP contribution < -0.4 is 30.4 Å². The van der Waals surface area contributed by atoms with Gasteiger partial charge in [-0.25, -0.2) is 4.79 Å². The average Bonchev–Trinajstić information content (AvgIpc) is 3.12. The standard InChI is InChI=1S/C24H24N4O7/c1-32-19-6-5-13(7-18(19)29)15-10-16-17(11-26-15)27(12-22(25)30)24(31)28(16)14-8-20(33-2)23(35-4)21(9-14)34-3/h5-11,29H,12H2,1-4H3,(H2,25,30). The predicted molar refractivity (Wildman–Crippen MR) is 128 cm³/mol. The summed E-state index contributed by atoms with van der Waals surface area (Å²) in [7, 11) is 5.88. The number of fused-ring (bicyclic) bond motifs is 1. The molecular weight excluding hydrogens is 456 g/mol. The fourth-order valence-corrected chi connectivity index (χ4v) is 3.91. The van der Waals surface area contributed by atoms with Gasteiger partial charge >= 0.3 is 5.69 Å². The minimum absolute atomic E-state index is 0.0554. The van der Waals surface area contributed by atoms with E-state index in [1.807, 2.05) is 0 Å². The van der Waals surface area contributed by atoms with Crippen molar-refractivity contribution < 1.29 is 28.8 Å². The summed E-state index contributed by atoms with van der Waals surface area (Å²) >= 11 is 0. The van der Waals surface area contributed by atoms with E-state index in [9.17, 15) is 14.7 Å². The minimum Gasteiger partial charge on any atom is -0.504 e. The number of carbonyl (C=O) groups excluding carboxylic acids is 1. The van der Waals surface area contributed by atoms with Crippen molar-refractivity contribution >= 4 is 16.9 Å². The number of hydrogen-bond donors (Lipinski definition) is 2. The molecule has 0 unspecified atom stereocenters. The molecule has 11 heteroatoms. The number of phenolic OH excluding ortho intramolecular Hbond substituents is 1. The number of primary amides is 1. The van der Waals surface area contributed by atoms with Crippen LogP contribution in [-0.4, -0.2) is 53.6 Å². The molecule has 4 rings (SSSR count). The Morgan fingerprint density at radius 2 is 1.60 bits per heavy atom. The van der Waals surface area contributed by atoms with Gasteiger partial charge in [-0.2, -0.15) is 0 Å². The predicted octanol–water partition coefficient (Wildman–Crippen LogP) is 2.08. The van der Waals surface area contributed by atoms with Crippen molar-refractivity contribution in [2.45, 2.75) is 6.54 Å². The van der Waals surface area contributed by atoms with E-state index in [2.05, 4.69) is 4.98 Å². The molecule has 1 amide bonds. The molecule has 0 bridgehead atoms. The van der Waals surface area contributed by atoms with E-state index >= 15 is 0 Å². The number of benzene rings is 2. The second-order valence-corrected chi connectivity index (χ2v) is 7.50. The van der Waals surface area contributed by atoms with E-state index in [-0.39, 0.29) is 12.3 Å². The molecule has 0 aliphatic carbocycles. The molecule has 35 heavy (non-hydrogen) atoms. The van der Waals surface area contributed by atoms with Crippen LogP contribution in [0.2, 0.25) is 0 Å². The number of phenols is 1. The van der Waals surface area contributed by atoms with Crippen LogP contribution in [0.4, 0.5) is 0 Å². The van der Waals surface area contributed by atoms with Crippen LogP contribution in [-0.2, 0) is 11.3 Å². The maximum atomic E-state index is 13.5. The van der Waals surface area contributed by atoms with Crippen LogP contribution in [0.15, 0.2) is 47.4 Å². The summed E-state index contributed by atoms with van der Waals surface area (Å²) in [6.45, 7) is -0.336. The number of carbonyl (C=O) groups is 1. The van der Waals surface area contributed by atoms with E-state index in [4.69, 9.17) is 24.7 Å². The normalized spacial score (nSPS) is 10.9. The highest BCUT2D eigenvalue weighted by Gasteiger charge is 2.21. The topological polar surface area (TPSA) is 140 Å². The quantitative estimate of drug-likeness (QED) is 0.391. The Kier molecular flexibility index (Phi) is 6.24. The Balaban J connectivity index is 2.02. The van der Waals surface area contributed by atoms with Gasteiger partial charge in [-0.15, -0.1) is 0 Å². The van der Waals surface area contributed by atoms with Crippen molar-refractivity contribution in [3.05, 3.63) is 53.1 Å². The van der Waals surface area contributed by atoms with E-state index in [1.165, 1.54) is 49.8 Å². The van der Waals surface area contributed by atoms with Gasteiger partial charge in [0.1, 0.15) is 6.54 Å². The largest absolute Gasteiger partial charge is 0.504 e. The number of ether oxygens (including phenoxy) is 4. The molecule has 0 aliphatic heterocycles. The van der Waals surface area contributed by atoms with Gasteiger partial charge in [0.25, 0.3) is 0 Å². The van der Waals surface area contributed by atoms with Crippen molar-refractivity contribution in [1.82, 2.24) is 14.1 Å². The van der Waals surface area contributed by atoms with Crippen molar-refractivity contribution in [2.24, 2.45) is 5.73 Å². The maximum absolute atomic E-state index is 13.5. The molecule has 0 saturated carbocycles. The summed E-state index contributed by atoms with van der Waals surface area (Å²) in [5, 5.41) is 10.2. The smallest absolute Gasteiger partial charge is 0.334 e. The Morgan fingerprint density at radius 1 is 0.943 bits per heavy atom. The molecule has 2 heterocycles. The number of aromatic nitrogens is 3. The summed E-state index contributed by atoms with van der Waals surface area (Å²) < 4.78 is 24.0. The maximum Gasteiger partial charge on any atom is 0.334 e. The molecule has 0 atom stereocenters. The summed E-state index contributed by atoms with van der Waals surface area (Å²) in [5.41, 5.74) is 7.22. The van der Waals surface area contributed by atoms with Crippen LogP contribution in [0.3, 0.4) is 0 Å². The fraction of sp³-hybridized carbons (Fsp3) is 0.208. The summed E-state index contributed by atoms with van der Waals surface area (Å²) in [6, 6.07) is 9.77. The van der Waals surface area contributed by atoms with Crippen LogP contribution >= 0.6 is 0 Å². The van der Waals surface area contributed by atoms with Crippen LogP contribution in [0.25, 0.3) is 28.0 Å². The number of imidazole rings is 1. The lowest BCUT2D eigenvalue weighted by Gasteiger charge is -2.14. The third-order valence-electron chi connectivity index (χ3n) is 5.51. The molecule has 0 saturated heterocycles. The highest BCUT2D eigenvalue weighted by molar-refractivity contribution is 5.84. The number of amides is 1. The number of hydrogen-bond acceptors (Lipinski definition) is 8. The SMILES string of the molecule is COc1ccc(-c2cc3c(cn2)n(CC(N)=O)c(=O)n3-c2cc(OC)c(OC)c(OC)c2)cc1O. The average molecular weight is 480 g/mol. The third kappa shape index (κ3) is 4.07. The molecule has 2 aromatic heterocycles. The Hall–Kier alpha value is -4.67. The second kappa shape index (κ2) is 9.29. The Bertz CT molecular complexity index is 1460. The van der Waals surface area contributed by atoms with Crippen molar-refractivity contribution in [3.63, 3.8) is 0 Å². The highest BCUT2D eigenvalue weighted by Crippen LogP contribution is 2.40.